The fourth-order valence-corrected chi connectivity index (χ4v) is 3.55. The number of hydrogen-bond acceptors (Lipinski definition) is 5. The van der Waals surface area contributed by atoms with Gasteiger partial charge in [0, 0.05) is 12.1 Å². The summed E-state index contributed by atoms with van der Waals surface area (Å²) in [7, 11) is 0. The van der Waals surface area contributed by atoms with Crippen LogP contribution in [0.15, 0.2) is 53.5 Å². The van der Waals surface area contributed by atoms with Gasteiger partial charge >= 0.3 is 0 Å². The quantitative estimate of drug-likeness (QED) is 0.739. The standard InChI is InChI=1S/C21H23N3O3S/c1-3-12-27-17-10-8-15(9-11-17)22-19(25)13-18-20(26)24-21(28-18)23-16-6-4-14(2)5-7-16/h4-11,18H,3,12-13H2,1-2H3,(H,22,25)(H,23,24,26)/t18-/m0/s1. The molecular weight excluding hydrogens is 374 g/mol. The third kappa shape index (κ3) is 5.60. The van der Waals surface area contributed by atoms with Crippen LogP contribution in [-0.4, -0.2) is 28.8 Å². The smallest absolute Gasteiger partial charge is 0.240 e. The monoisotopic (exact) mass is 397 g/mol. The van der Waals surface area contributed by atoms with E-state index in [1.807, 2.05) is 50.2 Å². The Bertz CT molecular complexity index is 863. The van der Waals surface area contributed by atoms with E-state index in [9.17, 15) is 9.59 Å². The molecule has 28 heavy (non-hydrogen) atoms. The molecule has 2 aromatic carbocycles. The van der Waals surface area contributed by atoms with Gasteiger partial charge in [-0.05, 0) is 49.7 Å². The highest BCUT2D eigenvalue weighted by molar-refractivity contribution is 8.15. The van der Waals surface area contributed by atoms with Crippen LogP contribution < -0.4 is 15.4 Å². The first-order chi connectivity index (χ1) is 13.5. The molecule has 0 spiro atoms. The molecule has 7 heteroatoms. The van der Waals surface area contributed by atoms with Crippen molar-refractivity contribution < 1.29 is 14.3 Å². The zero-order valence-corrected chi connectivity index (χ0v) is 16.7. The zero-order chi connectivity index (χ0) is 19.9. The molecule has 2 amide bonds. The molecule has 3 rings (SSSR count). The van der Waals surface area contributed by atoms with Gasteiger partial charge < -0.3 is 15.4 Å². The number of ether oxygens (including phenoxy) is 1. The molecule has 2 aromatic rings. The SMILES string of the molecule is CCCOc1ccc(NC(=O)C[C@@H]2SC(=Nc3ccc(C)cc3)NC2=O)cc1. The third-order valence-corrected chi connectivity index (χ3v) is 5.10. The highest BCUT2D eigenvalue weighted by Crippen LogP contribution is 2.26. The maximum atomic E-state index is 12.3. The minimum atomic E-state index is -0.489. The molecule has 1 fully saturated rings. The van der Waals surface area contributed by atoms with Gasteiger partial charge in [0.15, 0.2) is 5.17 Å². The lowest BCUT2D eigenvalue weighted by Gasteiger charge is -2.09. The Balaban J connectivity index is 1.54. The molecule has 0 saturated carbocycles. The van der Waals surface area contributed by atoms with Crippen molar-refractivity contribution in [2.24, 2.45) is 4.99 Å². The molecule has 0 aromatic heterocycles. The molecule has 1 aliphatic heterocycles. The Morgan fingerprint density at radius 1 is 1.18 bits per heavy atom. The van der Waals surface area contributed by atoms with Crippen LogP contribution in [0.2, 0.25) is 0 Å². The molecule has 0 radical (unpaired) electrons. The number of hydrogen-bond donors (Lipinski definition) is 2. The lowest BCUT2D eigenvalue weighted by atomic mass is 10.2. The normalized spacial score (nSPS) is 17.4. The van der Waals surface area contributed by atoms with E-state index in [0.29, 0.717) is 17.5 Å². The van der Waals surface area contributed by atoms with Crippen molar-refractivity contribution in [1.82, 2.24) is 5.32 Å². The Labute approximate surface area is 168 Å². The van der Waals surface area contributed by atoms with Crippen molar-refractivity contribution >= 4 is 40.1 Å². The molecule has 1 heterocycles. The van der Waals surface area contributed by atoms with Crippen molar-refractivity contribution in [3.63, 3.8) is 0 Å². The van der Waals surface area contributed by atoms with Crippen LogP contribution in [0.25, 0.3) is 0 Å². The number of rotatable bonds is 7. The predicted octanol–water partition coefficient (Wildman–Crippen LogP) is 4.03. The highest BCUT2D eigenvalue weighted by atomic mass is 32.2. The third-order valence-electron chi connectivity index (χ3n) is 4.02. The summed E-state index contributed by atoms with van der Waals surface area (Å²) in [5.41, 5.74) is 2.58. The van der Waals surface area contributed by atoms with Crippen LogP contribution in [0.1, 0.15) is 25.3 Å². The highest BCUT2D eigenvalue weighted by Gasteiger charge is 2.32. The van der Waals surface area contributed by atoms with Crippen molar-refractivity contribution in [3.05, 3.63) is 54.1 Å². The molecular formula is C21H23N3O3S. The first-order valence-electron chi connectivity index (χ1n) is 9.19. The van der Waals surface area contributed by atoms with Gasteiger partial charge in [-0.15, -0.1) is 0 Å². The van der Waals surface area contributed by atoms with Crippen LogP contribution in [0, 0.1) is 6.92 Å². The maximum Gasteiger partial charge on any atom is 0.240 e. The Kier molecular flexibility index (Phi) is 6.71. The predicted molar refractivity (Wildman–Crippen MR) is 113 cm³/mol. The summed E-state index contributed by atoms with van der Waals surface area (Å²) in [6.45, 7) is 4.71. The number of anilines is 1. The number of nitrogens with one attached hydrogen (secondary N) is 2. The second-order valence-corrected chi connectivity index (χ2v) is 7.66. The molecule has 6 nitrogen and oxygen atoms in total. The molecule has 1 atom stereocenters. The van der Waals surface area contributed by atoms with Gasteiger partial charge in [0.25, 0.3) is 0 Å². The van der Waals surface area contributed by atoms with E-state index >= 15 is 0 Å². The number of carbonyl (C=O) groups excluding carboxylic acids is 2. The fourth-order valence-electron chi connectivity index (χ4n) is 2.56. The number of benzene rings is 2. The van der Waals surface area contributed by atoms with E-state index in [1.165, 1.54) is 11.8 Å². The fraction of sp³-hybridized carbons (Fsp3) is 0.286. The maximum absolute atomic E-state index is 12.3. The summed E-state index contributed by atoms with van der Waals surface area (Å²) in [5, 5.41) is 5.58. The number of nitrogens with zero attached hydrogens (tertiary/aromatic N) is 1. The van der Waals surface area contributed by atoms with Gasteiger partial charge in [-0.1, -0.05) is 36.4 Å². The van der Waals surface area contributed by atoms with Gasteiger partial charge in [0.1, 0.15) is 11.0 Å². The summed E-state index contributed by atoms with van der Waals surface area (Å²) in [5.74, 6) is 0.350. The molecule has 0 aliphatic carbocycles. The lowest BCUT2D eigenvalue weighted by Crippen LogP contribution is -2.28. The zero-order valence-electron chi connectivity index (χ0n) is 15.9. The first kappa shape index (κ1) is 19.9. The summed E-state index contributed by atoms with van der Waals surface area (Å²) in [6.07, 6.45) is 1.02. The number of carbonyl (C=O) groups is 2. The summed E-state index contributed by atoms with van der Waals surface area (Å²) in [6, 6.07) is 14.9. The number of thioether (sulfide) groups is 1. The Morgan fingerprint density at radius 2 is 1.89 bits per heavy atom. The van der Waals surface area contributed by atoms with Gasteiger partial charge in [0.05, 0.1) is 12.3 Å². The van der Waals surface area contributed by atoms with E-state index in [1.54, 1.807) is 12.1 Å². The van der Waals surface area contributed by atoms with Crippen LogP contribution in [0.5, 0.6) is 5.75 Å². The van der Waals surface area contributed by atoms with E-state index in [-0.39, 0.29) is 18.2 Å². The van der Waals surface area contributed by atoms with E-state index < -0.39 is 5.25 Å². The van der Waals surface area contributed by atoms with Crippen LogP contribution in [0.3, 0.4) is 0 Å². The van der Waals surface area contributed by atoms with Gasteiger partial charge in [-0.2, -0.15) is 0 Å². The van der Waals surface area contributed by atoms with E-state index in [4.69, 9.17) is 4.74 Å². The first-order valence-corrected chi connectivity index (χ1v) is 10.1. The molecule has 146 valence electrons. The average Bonchev–Trinajstić information content (AvgIpc) is 3.02. The van der Waals surface area contributed by atoms with Crippen molar-refractivity contribution in [3.8, 4) is 5.75 Å². The average molecular weight is 398 g/mol. The summed E-state index contributed by atoms with van der Waals surface area (Å²) < 4.78 is 5.52. The number of amides is 2. The minimum absolute atomic E-state index is 0.0809. The van der Waals surface area contributed by atoms with Crippen molar-refractivity contribution in [2.45, 2.75) is 31.9 Å². The molecule has 1 aliphatic rings. The Hall–Kier alpha value is -2.80. The topological polar surface area (TPSA) is 79.8 Å². The second-order valence-electron chi connectivity index (χ2n) is 6.47. The van der Waals surface area contributed by atoms with Gasteiger partial charge in [-0.25, -0.2) is 4.99 Å². The largest absolute Gasteiger partial charge is 0.494 e. The second kappa shape index (κ2) is 9.41. The molecule has 0 bridgehead atoms. The summed E-state index contributed by atoms with van der Waals surface area (Å²) >= 11 is 1.28. The van der Waals surface area contributed by atoms with Crippen molar-refractivity contribution in [1.29, 1.82) is 0 Å². The van der Waals surface area contributed by atoms with Gasteiger partial charge in [0.2, 0.25) is 11.8 Å². The number of aliphatic imine (C=N–C) groups is 1. The Morgan fingerprint density at radius 3 is 2.57 bits per heavy atom. The van der Waals surface area contributed by atoms with Gasteiger partial charge in [-0.3, -0.25) is 9.59 Å². The van der Waals surface area contributed by atoms with E-state index in [2.05, 4.69) is 15.6 Å². The molecule has 2 N–H and O–H groups in total. The number of aryl methyl sites for hydroxylation is 1. The van der Waals surface area contributed by atoms with Crippen LogP contribution in [-0.2, 0) is 9.59 Å². The van der Waals surface area contributed by atoms with Crippen molar-refractivity contribution in [2.75, 3.05) is 11.9 Å². The van der Waals surface area contributed by atoms with Crippen LogP contribution >= 0.6 is 11.8 Å². The minimum Gasteiger partial charge on any atom is -0.494 e. The van der Waals surface area contributed by atoms with Crippen LogP contribution in [0.4, 0.5) is 11.4 Å². The molecule has 0 unspecified atom stereocenters. The molecule has 1 saturated heterocycles. The lowest BCUT2D eigenvalue weighted by molar-refractivity contribution is -0.122. The summed E-state index contributed by atoms with van der Waals surface area (Å²) in [4.78, 5) is 28.9. The number of amidine groups is 1. The van der Waals surface area contributed by atoms with E-state index in [0.717, 1.165) is 23.4 Å².